The van der Waals surface area contributed by atoms with E-state index in [1.165, 1.54) is 11.8 Å². The number of carbonyl (C=O) groups excluding carboxylic acids is 1. The van der Waals surface area contributed by atoms with Crippen LogP contribution in [0.4, 0.5) is 11.4 Å². The van der Waals surface area contributed by atoms with E-state index < -0.39 is 0 Å². The third-order valence-corrected chi connectivity index (χ3v) is 7.24. The van der Waals surface area contributed by atoms with E-state index >= 15 is 0 Å². The molecule has 2 aliphatic heterocycles. The molecule has 184 valence electrons. The van der Waals surface area contributed by atoms with Crippen LogP contribution in [-0.2, 0) is 16.1 Å². The smallest absolute Gasteiger partial charge is 0.237 e. The third-order valence-electron chi connectivity index (χ3n) is 6.14. The van der Waals surface area contributed by atoms with E-state index in [1.54, 1.807) is 0 Å². The second-order valence-electron chi connectivity index (χ2n) is 8.42. The van der Waals surface area contributed by atoms with Gasteiger partial charge in [0.05, 0.1) is 30.4 Å². The highest BCUT2D eigenvalue weighted by molar-refractivity contribution is 8.00. The van der Waals surface area contributed by atoms with Crippen LogP contribution in [0, 0.1) is 0 Å². The van der Waals surface area contributed by atoms with Crippen molar-refractivity contribution in [2.24, 2.45) is 0 Å². The van der Waals surface area contributed by atoms with Crippen molar-refractivity contribution in [3.05, 3.63) is 48.7 Å². The van der Waals surface area contributed by atoms with Gasteiger partial charge >= 0.3 is 0 Å². The first kappa shape index (κ1) is 23.6. The van der Waals surface area contributed by atoms with E-state index in [-0.39, 0.29) is 11.2 Å². The molecule has 1 amide bonds. The molecule has 9 heteroatoms. The Morgan fingerprint density at radius 3 is 2.54 bits per heavy atom. The lowest BCUT2D eigenvalue weighted by Gasteiger charge is -2.28. The molecule has 1 N–H and O–H groups in total. The molecule has 8 nitrogen and oxygen atoms in total. The highest BCUT2D eigenvalue weighted by Crippen LogP contribution is 2.36. The largest absolute Gasteiger partial charge is 0.486 e. The molecule has 0 saturated carbocycles. The Morgan fingerprint density at radius 2 is 1.80 bits per heavy atom. The minimum atomic E-state index is -0.310. The van der Waals surface area contributed by atoms with Crippen LogP contribution in [0.25, 0.3) is 11.3 Å². The average molecular weight is 495 g/mol. The molecule has 0 spiro atoms. The highest BCUT2D eigenvalue weighted by Gasteiger charge is 2.21. The predicted molar refractivity (Wildman–Crippen MR) is 138 cm³/mol. The Morgan fingerprint density at radius 1 is 1.06 bits per heavy atom. The number of carbonyl (C=O) groups is 1. The molecule has 1 atom stereocenters. The first-order valence-corrected chi connectivity index (χ1v) is 12.9. The number of amides is 1. The zero-order valence-corrected chi connectivity index (χ0v) is 20.8. The van der Waals surface area contributed by atoms with Crippen LogP contribution in [0.3, 0.4) is 0 Å². The van der Waals surface area contributed by atoms with E-state index in [4.69, 9.17) is 14.2 Å². The number of fused-ring (bicyclic) bond motifs is 1. The average Bonchev–Trinajstić information content (AvgIpc) is 3.31. The minimum absolute atomic E-state index is 0.0549. The number of imidazole rings is 1. The number of nitrogens with zero attached hydrogens (tertiary/aromatic N) is 3. The molecule has 0 bridgehead atoms. The first-order valence-electron chi connectivity index (χ1n) is 12.0. The van der Waals surface area contributed by atoms with Crippen LogP contribution in [-0.4, -0.2) is 60.2 Å². The fraction of sp³-hybridized carbons (Fsp3) is 0.385. The van der Waals surface area contributed by atoms with Crippen molar-refractivity contribution >= 4 is 29.0 Å². The van der Waals surface area contributed by atoms with Gasteiger partial charge in [0, 0.05) is 36.6 Å². The Hall–Kier alpha value is -3.17. The molecule has 3 heterocycles. The van der Waals surface area contributed by atoms with Gasteiger partial charge in [0.2, 0.25) is 5.91 Å². The van der Waals surface area contributed by atoms with Crippen LogP contribution >= 0.6 is 11.8 Å². The molecule has 5 rings (SSSR count). The van der Waals surface area contributed by atoms with Crippen molar-refractivity contribution in [2.45, 2.75) is 30.8 Å². The minimum Gasteiger partial charge on any atom is -0.486 e. The molecule has 0 unspecified atom stereocenters. The summed E-state index contributed by atoms with van der Waals surface area (Å²) in [5, 5.41) is 3.53. The third kappa shape index (κ3) is 5.26. The van der Waals surface area contributed by atoms with Gasteiger partial charge in [-0.05, 0) is 56.3 Å². The summed E-state index contributed by atoms with van der Waals surface area (Å²) in [6.45, 7) is 9.10. The normalized spacial score (nSPS) is 16.1. The summed E-state index contributed by atoms with van der Waals surface area (Å²) in [6.07, 6.45) is 1.85. The molecular weight excluding hydrogens is 464 g/mol. The van der Waals surface area contributed by atoms with Crippen molar-refractivity contribution in [3.8, 4) is 22.8 Å². The van der Waals surface area contributed by atoms with Crippen LogP contribution in [0.15, 0.2) is 53.8 Å². The lowest BCUT2D eigenvalue weighted by atomic mass is 10.1. The second kappa shape index (κ2) is 10.6. The molecule has 3 aromatic rings. The zero-order chi connectivity index (χ0) is 24.2. The Labute approximate surface area is 209 Å². The number of morpholine rings is 1. The van der Waals surface area contributed by atoms with Crippen molar-refractivity contribution in [2.75, 3.05) is 49.7 Å². The van der Waals surface area contributed by atoms with Gasteiger partial charge in [-0.25, -0.2) is 4.98 Å². The maximum absolute atomic E-state index is 12.9. The summed E-state index contributed by atoms with van der Waals surface area (Å²) in [7, 11) is 0. The molecule has 0 aliphatic carbocycles. The summed E-state index contributed by atoms with van der Waals surface area (Å²) in [4.78, 5) is 19.8. The summed E-state index contributed by atoms with van der Waals surface area (Å²) >= 11 is 1.45. The van der Waals surface area contributed by atoms with Crippen molar-refractivity contribution in [3.63, 3.8) is 0 Å². The number of benzene rings is 2. The van der Waals surface area contributed by atoms with Crippen LogP contribution in [0.2, 0.25) is 0 Å². The SMILES string of the molecule is CCn1c(-c2ccc3c(c2)OCCO3)cnc1S[C@@H](C)C(=O)Nc1ccc(N2CCOCC2)cc1. The van der Waals surface area contributed by atoms with Gasteiger partial charge in [0.25, 0.3) is 0 Å². The molecule has 1 fully saturated rings. The number of nitrogens with one attached hydrogen (secondary N) is 1. The molecule has 2 aliphatic rings. The van der Waals surface area contributed by atoms with Gasteiger partial charge in [0.15, 0.2) is 16.7 Å². The van der Waals surface area contributed by atoms with E-state index in [0.29, 0.717) is 13.2 Å². The van der Waals surface area contributed by atoms with Crippen molar-refractivity contribution < 1.29 is 19.0 Å². The molecule has 2 aromatic carbocycles. The van der Waals surface area contributed by atoms with E-state index in [1.807, 2.05) is 55.6 Å². The maximum Gasteiger partial charge on any atom is 0.237 e. The molecule has 1 saturated heterocycles. The van der Waals surface area contributed by atoms with Gasteiger partial charge in [-0.1, -0.05) is 11.8 Å². The van der Waals surface area contributed by atoms with Gasteiger partial charge in [0.1, 0.15) is 13.2 Å². The number of rotatable bonds is 7. The number of hydrogen-bond acceptors (Lipinski definition) is 7. The standard InChI is InChI=1S/C26H30N4O4S/c1-3-30-22(19-4-9-23-24(16-19)34-15-14-33-23)17-27-26(30)35-18(2)25(31)28-20-5-7-21(8-6-20)29-10-12-32-13-11-29/h4-9,16-18H,3,10-15H2,1-2H3,(H,28,31)/t18-/m0/s1. The van der Waals surface area contributed by atoms with Crippen LogP contribution in [0.5, 0.6) is 11.5 Å². The van der Waals surface area contributed by atoms with Crippen molar-refractivity contribution in [1.29, 1.82) is 0 Å². The van der Waals surface area contributed by atoms with Crippen LogP contribution < -0.4 is 19.7 Å². The fourth-order valence-electron chi connectivity index (χ4n) is 4.22. The van der Waals surface area contributed by atoms with Gasteiger partial charge in [-0.15, -0.1) is 0 Å². The topological polar surface area (TPSA) is 77.8 Å². The molecular formula is C26H30N4O4S. The molecule has 35 heavy (non-hydrogen) atoms. The summed E-state index contributed by atoms with van der Waals surface area (Å²) < 4.78 is 18.9. The second-order valence-corrected chi connectivity index (χ2v) is 9.73. The quantitative estimate of drug-likeness (QED) is 0.491. The number of aromatic nitrogens is 2. The summed E-state index contributed by atoms with van der Waals surface area (Å²) in [6, 6.07) is 13.9. The highest BCUT2D eigenvalue weighted by atomic mass is 32.2. The van der Waals surface area contributed by atoms with Crippen LogP contribution in [0.1, 0.15) is 13.8 Å². The first-order chi connectivity index (χ1) is 17.1. The number of hydrogen-bond donors (Lipinski definition) is 1. The molecule has 0 radical (unpaired) electrons. The Bertz CT molecular complexity index is 1170. The van der Waals surface area contributed by atoms with E-state index in [2.05, 4.69) is 26.7 Å². The van der Waals surface area contributed by atoms with Gasteiger partial charge in [-0.2, -0.15) is 0 Å². The number of ether oxygens (including phenoxy) is 3. The predicted octanol–water partition coefficient (Wildman–Crippen LogP) is 4.30. The lowest BCUT2D eigenvalue weighted by molar-refractivity contribution is -0.115. The zero-order valence-electron chi connectivity index (χ0n) is 20.0. The monoisotopic (exact) mass is 494 g/mol. The fourth-order valence-corrected chi connectivity index (χ4v) is 5.17. The number of anilines is 2. The maximum atomic E-state index is 12.9. The Balaban J connectivity index is 1.24. The molecule has 1 aromatic heterocycles. The summed E-state index contributed by atoms with van der Waals surface area (Å²) in [5.41, 5.74) is 3.92. The van der Waals surface area contributed by atoms with Gasteiger partial charge < -0.3 is 29.0 Å². The van der Waals surface area contributed by atoms with Gasteiger partial charge in [-0.3, -0.25) is 4.79 Å². The lowest BCUT2D eigenvalue weighted by Crippen LogP contribution is -2.36. The number of thioether (sulfide) groups is 1. The van der Waals surface area contributed by atoms with Crippen molar-refractivity contribution in [1.82, 2.24) is 9.55 Å². The van der Waals surface area contributed by atoms with E-state index in [9.17, 15) is 4.79 Å². The van der Waals surface area contributed by atoms with E-state index in [0.717, 1.165) is 72.1 Å². The Kier molecular flexibility index (Phi) is 7.15. The summed E-state index contributed by atoms with van der Waals surface area (Å²) in [5.74, 6) is 1.46.